The van der Waals surface area contributed by atoms with Crippen molar-refractivity contribution in [1.29, 1.82) is 0 Å². The third kappa shape index (κ3) is 4.55. The molecule has 4 rings (SSSR count). The molecule has 27 heavy (non-hydrogen) atoms. The van der Waals surface area contributed by atoms with Crippen molar-refractivity contribution < 1.29 is 14.3 Å². The number of hydrogen-bond acceptors (Lipinski definition) is 7. The fourth-order valence-electron chi connectivity index (χ4n) is 4.59. The molecule has 0 unspecified atom stereocenters. The van der Waals surface area contributed by atoms with Gasteiger partial charge in [0, 0.05) is 45.4 Å². The quantitative estimate of drug-likeness (QED) is 0.604. The van der Waals surface area contributed by atoms with Gasteiger partial charge in [-0.15, -0.1) is 0 Å². The van der Waals surface area contributed by atoms with Crippen LogP contribution in [-0.4, -0.2) is 75.4 Å². The number of hydrogen-bond donors (Lipinski definition) is 1. The molecule has 7 nitrogen and oxygen atoms in total. The van der Waals surface area contributed by atoms with Crippen molar-refractivity contribution >= 4 is 11.4 Å². The third-order valence-electron chi connectivity index (χ3n) is 6.09. The maximum absolute atomic E-state index is 5.59. The molecule has 0 radical (unpaired) electrons. The Balaban J connectivity index is 1.24. The van der Waals surface area contributed by atoms with E-state index in [1.165, 1.54) is 44.5 Å². The number of para-hydroxylation sites is 2. The summed E-state index contributed by atoms with van der Waals surface area (Å²) in [7, 11) is 1.67. The normalized spacial score (nSPS) is 23.2. The molecule has 1 aromatic carbocycles. The lowest BCUT2D eigenvalue weighted by atomic mass is 9.97. The van der Waals surface area contributed by atoms with Crippen molar-refractivity contribution in [2.45, 2.75) is 37.8 Å². The second kappa shape index (κ2) is 9.21. The predicted molar refractivity (Wildman–Crippen MR) is 106 cm³/mol. The zero-order valence-corrected chi connectivity index (χ0v) is 16.3. The monoisotopic (exact) mass is 376 g/mol. The average molecular weight is 377 g/mol. The summed E-state index contributed by atoms with van der Waals surface area (Å²) in [5.41, 5.74) is 5.39. The minimum atomic E-state index is 0.381. The van der Waals surface area contributed by atoms with Gasteiger partial charge >= 0.3 is 0 Å². The van der Waals surface area contributed by atoms with E-state index < -0.39 is 0 Å². The molecule has 0 atom stereocenters. The summed E-state index contributed by atoms with van der Waals surface area (Å²) >= 11 is 0. The zero-order valence-electron chi connectivity index (χ0n) is 16.3. The lowest BCUT2D eigenvalue weighted by Crippen LogP contribution is -2.52. The average Bonchev–Trinajstić information content (AvgIpc) is 2.74. The summed E-state index contributed by atoms with van der Waals surface area (Å²) in [5, 5.41) is 0. The molecule has 3 aliphatic rings. The molecule has 150 valence electrons. The van der Waals surface area contributed by atoms with E-state index in [4.69, 9.17) is 14.3 Å². The van der Waals surface area contributed by atoms with Crippen molar-refractivity contribution in [3.8, 4) is 0 Å². The summed E-state index contributed by atoms with van der Waals surface area (Å²) in [4.78, 5) is 13.1. The van der Waals surface area contributed by atoms with Crippen LogP contribution in [0.25, 0.3) is 0 Å². The fourth-order valence-corrected chi connectivity index (χ4v) is 4.59. The molecule has 7 heteroatoms. The highest BCUT2D eigenvalue weighted by Gasteiger charge is 2.32. The van der Waals surface area contributed by atoms with Gasteiger partial charge in [-0.1, -0.05) is 12.1 Å². The zero-order chi connectivity index (χ0) is 18.5. The van der Waals surface area contributed by atoms with E-state index in [1.54, 1.807) is 7.11 Å². The highest BCUT2D eigenvalue weighted by molar-refractivity contribution is 5.70. The molecule has 0 aromatic heterocycles. The third-order valence-corrected chi connectivity index (χ3v) is 6.09. The predicted octanol–water partition coefficient (Wildman–Crippen LogP) is 2.31. The number of nitrogens with one attached hydrogen (secondary N) is 1. The molecule has 0 bridgehead atoms. The van der Waals surface area contributed by atoms with Gasteiger partial charge in [0.25, 0.3) is 0 Å². The Labute approximate surface area is 162 Å². The number of methoxy groups -OCH3 is 1. The Morgan fingerprint density at radius 1 is 1.04 bits per heavy atom. The number of benzene rings is 1. The molecule has 0 aliphatic carbocycles. The molecule has 3 heterocycles. The van der Waals surface area contributed by atoms with Crippen LogP contribution < -0.4 is 10.4 Å². The van der Waals surface area contributed by atoms with Crippen molar-refractivity contribution in [2.24, 2.45) is 0 Å². The van der Waals surface area contributed by atoms with Gasteiger partial charge in [-0.3, -0.25) is 15.2 Å². The summed E-state index contributed by atoms with van der Waals surface area (Å²) in [5.74, 6) is 0. The van der Waals surface area contributed by atoms with Crippen LogP contribution in [0, 0.1) is 0 Å². The highest BCUT2D eigenvalue weighted by Crippen LogP contribution is 2.33. The Kier molecular flexibility index (Phi) is 6.47. The summed E-state index contributed by atoms with van der Waals surface area (Å²) in [6.07, 6.45) is 4.88. The van der Waals surface area contributed by atoms with Gasteiger partial charge in [-0.2, -0.15) is 0 Å². The molecule has 1 aromatic rings. The van der Waals surface area contributed by atoms with E-state index in [0.29, 0.717) is 26.3 Å². The molecule has 0 saturated carbocycles. The number of fused-ring (bicyclic) bond motifs is 1. The topological polar surface area (TPSA) is 49.4 Å². The van der Waals surface area contributed by atoms with Gasteiger partial charge in [0.2, 0.25) is 0 Å². The largest absolute Gasteiger partial charge is 0.359 e. The highest BCUT2D eigenvalue weighted by atomic mass is 16.7. The molecule has 2 saturated heterocycles. The number of likely N-dealkylation sites (tertiary alicyclic amines) is 2. The first-order valence-electron chi connectivity index (χ1n) is 10.1. The van der Waals surface area contributed by atoms with Crippen LogP contribution in [0.4, 0.5) is 11.4 Å². The van der Waals surface area contributed by atoms with E-state index in [1.807, 2.05) is 6.07 Å². The molecular formula is C20H32N4O3. The smallest absolute Gasteiger partial charge is 0.148 e. The first-order chi connectivity index (χ1) is 13.3. The van der Waals surface area contributed by atoms with Crippen molar-refractivity contribution in [3.05, 3.63) is 24.3 Å². The van der Waals surface area contributed by atoms with Gasteiger partial charge in [0.15, 0.2) is 0 Å². The lowest BCUT2D eigenvalue weighted by molar-refractivity contribution is -0.0813. The number of anilines is 2. The molecule has 0 spiro atoms. The van der Waals surface area contributed by atoms with Crippen molar-refractivity contribution in [3.63, 3.8) is 0 Å². The van der Waals surface area contributed by atoms with Crippen LogP contribution in [0.3, 0.4) is 0 Å². The molecule has 2 fully saturated rings. The standard InChI is InChI=1S/C20H32N4O3/c1-25-16-26-14-22-10-6-17(7-11-22)23-12-8-18(9-13-23)24-15-27-21-19-4-2-3-5-20(19)24/h2-5,17-18,21H,6-16H2,1H3. The molecule has 0 amide bonds. The van der Waals surface area contributed by atoms with Crippen LogP contribution in [0.15, 0.2) is 24.3 Å². The van der Waals surface area contributed by atoms with Crippen LogP contribution in [0.1, 0.15) is 25.7 Å². The van der Waals surface area contributed by atoms with Gasteiger partial charge in [-0.25, -0.2) is 0 Å². The second-order valence-electron chi connectivity index (χ2n) is 7.72. The van der Waals surface area contributed by atoms with Crippen molar-refractivity contribution in [2.75, 3.05) is 63.9 Å². The molecule has 1 N–H and O–H groups in total. The Hall–Kier alpha value is -1.38. The van der Waals surface area contributed by atoms with Gasteiger partial charge < -0.3 is 19.3 Å². The van der Waals surface area contributed by atoms with Crippen LogP contribution in [0.5, 0.6) is 0 Å². The summed E-state index contributed by atoms with van der Waals surface area (Å²) < 4.78 is 10.4. The van der Waals surface area contributed by atoms with E-state index in [2.05, 4.69) is 38.4 Å². The first-order valence-corrected chi connectivity index (χ1v) is 10.1. The molecule has 3 aliphatic heterocycles. The summed E-state index contributed by atoms with van der Waals surface area (Å²) in [6.45, 7) is 6.29. The maximum Gasteiger partial charge on any atom is 0.148 e. The van der Waals surface area contributed by atoms with Crippen LogP contribution in [-0.2, 0) is 14.3 Å². The Morgan fingerprint density at radius 2 is 1.78 bits per heavy atom. The van der Waals surface area contributed by atoms with Crippen molar-refractivity contribution in [1.82, 2.24) is 9.80 Å². The number of nitrogens with zero attached hydrogens (tertiary/aromatic N) is 3. The van der Waals surface area contributed by atoms with Gasteiger partial charge in [-0.05, 0) is 37.8 Å². The maximum atomic E-state index is 5.59. The Morgan fingerprint density at radius 3 is 2.56 bits per heavy atom. The first kappa shape index (κ1) is 19.0. The van der Waals surface area contributed by atoms with E-state index in [9.17, 15) is 0 Å². The minimum Gasteiger partial charge on any atom is -0.359 e. The van der Waals surface area contributed by atoms with E-state index >= 15 is 0 Å². The molecular weight excluding hydrogens is 344 g/mol. The Bertz CT molecular complexity index is 586. The van der Waals surface area contributed by atoms with Crippen LogP contribution >= 0.6 is 0 Å². The lowest BCUT2D eigenvalue weighted by Gasteiger charge is -2.45. The van der Waals surface area contributed by atoms with Crippen LogP contribution in [0.2, 0.25) is 0 Å². The SMILES string of the molecule is COCOCN1CCC(N2CCC(N3CONc4ccccc43)CC2)CC1. The van der Waals surface area contributed by atoms with E-state index in [-0.39, 0.29) is 0 Å². The number of ether oxygens (including phenoxy) is 2. The van der Waals surface area contributed by atoms with Gasteiger partial charge in [0.05, 0.1) is 11.4 Å². The van der Waals surface area contributed by atoms with Gasteiger partial charge in [0.1, 0.15) is 20.3 Å². The number of piperidine rings is 2. The second-order valence-corrected chi connectivity index (χ2v) is 7.72. The fraction of sp³-hybridized carbons (Fsp3) is 0.700. The van der Waals surface area contributed by atoms with E-state index in [0.717, 1.165) is 24.8 Å². The summed E-state index contributed by atoms with van der Waals surface area (Å²) in [6, 6.07) is 9.72. The number of rotatable bonds is 6. The minimum absolute atomic E-state index is 0.381.